The van der Waals surface area contributed by atoms with Crippen LogP contribution in [0.4, 0.5) is 0 Å². The van der Waals surface area contributed by atoms with E-state index < -0.39 is 0 Å². The van der Waals surface area contributed by atoms with E-state index in [4.69, 9.17) is 4.42 Å². The van der Waals surface area contributed by atoms with Crippen LogP contribution in [0.1, 0.15) is 0 Å². The predicted molar refractivity (Wildman–Crippen MR) is 208 cm³/mol. The number of fused-ring (bicyclic) bond motifs is 15. The van der Waals surface area contributed by atoms with Crippen molar-refractivity contribution in [1.29, 1.82) is 0 Å². The SMILES string of the molecule is c1cc(-c2ccc3c4c(cccc24)-c2ccccc2-3)cc(-n2c3ccccc3c3c4c5ccccc5oc4c4c5ccccc5sc4c32)c1. The molecule has 226 valence electrons. The van der Waals surface area contributed by atoms with Gasteiger partial charge in [-0.25, -0.2) is 0 Å². The number of furan rings is 1. The average molecular weight is 640 g/mol. The van der Waals surface area contributed by atoms with E-state index in [1.165, 1.54) is 91.5 Å². The molecule has 0 amide bonds. The van der Waals surface area contributed by atoms with Crippen LogP contribution in [0.3, 0.4) is 0 Å². The van der Waals surface area contributed by atoms with Crippen molar-refractivity contribution < 1.29 is 4.42 Å². The first kappa shape index (κ1) is 25.9. The van der Waals surface area contributed by atoms with E-state index in [0.717, 1.165) is 22.2 Å². The summed E-state index contributed by atoms with van der Waals surface area (Å²) >= 11 is 1.87. The van der Waals surface area contributed by atoms with Crippen LogP contribution < -0.4 is 0 Å². The molecule has 0 bridgehead atoms. The summed E-state index contributed by atoms with van der Waals surface area (Å²) in [4.78, 5) is 0. The maximum Gasteiger partial charge on any atom is 0.145 e. The van der Waals surface area contributed by atoms with Gasteiger partial charge < -0.3 is 8.98 Å². The Hall–Kier alpha value is -6.16. The fourth-order valence-corrected chi connectivity index (χ4v) is 10.00. The van der Waals surface area contributed by atoms with Gasteiger partial charge in [0, 0.05) is 42.7 Å². The Bertz CT molecular complexity index is 3200. The number of rotatable bonds is 2. The van der Waals surface area contributed by atoms with Gasteiger partial charge in [-0.1, -0.05) is 121 Å². The second-order valence-corrected chi connectivity index (χ2v) is 14.2. The number of para-hydroxylation sites is 2. The van der Waals surface area contributed by atoms with Crippen LogP contribution in [0.25, 0.3) is 114 Å². The fraction of sp³-hybridized carbons (Fsp3) is 0. The second-order valence-electron chi connectivity index (χ2n) is 13.2. The van der Waals surface area contributed by atoms with E-state index >= 15 is 0 Å². The summed E-state index contributed by atoms with van der Waals surface area (Å²) in [5.74, 6) is 0. The number of thiophene rings is 1. The lowest BCUT2D eigenvalue weighted by Crippen LogP contribution is -1.95. The highest BCUT2D eigenvalue weighted by Gasteiger charge is 2.26. The molecule has 2 nitrogen and oxygen atoms in total. The van der Waals surface area contributed by atoms with Gasteiger partial charge >= 0.3 is 0 Å². The van der Waals surface area contributed by atoms with Gasteiger partial charge in [-0.05, 0) is 74.5 Å². The summed E-state index contributed by atoms with van der Waals surface area (Å²) in [6, 6.07) is 55.5. The predicted octanol–water partition coefficient (Wildman–Crippen LogP) is 13.5. The Kier molecular flexibility index (Phi) is 4.89. The Balaban J connectivity index is 1.21. The van der Waals surface area contributed by atoms with E-state index in [1.54, 1.807) is 0 Å². The lowest BCUT2D eigenvalue weighted by molar-refractivity contribution is 0.673. The molecule has 0 N–H and O–H groups in total. The molecule has 0 spiro atoms. The topological polar surface area (TPSA) is 18.1 Å². The van der Waals surface area contributed by atoms with Gasteiger partial charge in [-0.15, -0.1) is 11.3 Å². The van der Waals surface area contributed by atoms with Crippen LogP contribution in [-0.4, -0.2) is 4.57 Å². The summed E-state index contributed by atoms with van der Waals surface area (Å²) < 4.78 is 11.8. The Morgan fingerprint density at radius 3 is 2.02 bits per heavy atom. The molecular weight excluding hydrogens is 615 g/mol. The molecule has 3 heterocycles. The van der Waals surface area contributed by atoms with Gasteiger partial charge in [0.2, 0.25) is 0 Å². The van der Waals surface area contributed by atoms with Crippen molar-refractivity contribution in [3.05, 3.63) is 152 Å². The highest BCUT2D eigenvalue weighted by Crippen LogP contribution is 2.52. The molecule has 0 saturated heterocycles. The number of aromatic nitrogens is 1. The third-order valence-electron chi connectivity index (χ3n) is 10.7. The molecule has 12 rings (SSSR count). The molecular formula is C46H25NOS. The standard InChI is InChI=1S/C46H25NOS/c1-2-14-30-29(13-1)32-19-10-18-31-28(23-24-33(30)40(31)32)26-11-9-12-27(25-26)47-37-20-6-3-15-34(37)41-42-35-16-4-7-21-38(35)48-45(42)43-36-17-5-8-22-39(36)49-46(43)44(41)47/h1-25H. The monoisotopic (exact) mass is 639 g/mol. The molecule has 1 aliphatic carbocycles. The van der Waals surface area contributed by atoms with Crippen molar-refractivity contribution in [3.8, 4) is 39.1 Å². The van der Waals surface area contributed by atoms with Crippen LogP contribution in [0.15, 0.2) is 156 Å². The van der Waals surface area contributed by atoms with Crippen molar-refractivity contribution in [2.75, 3.05) is 0 Å². The highest BCUT2D eigenvalue weighted by atomic mass is 32.1. The molecule has 3 aromatic heterocycles. The molecule has 0 fully saturated rings. The summed E-state index contributed by atoms with van der Waals surface area (Å²) in [6.07, 6.45) is 0. The van der Waals surface area contributed by atoms with Crippen molar-refractivity contribution in [1.82, 2.24) is 4.57 Å². The van der Waals surface area contributed by atoms with Crippen LogP contribution in [-0.2, 0) is 0 Å². The minimum Gasteiger partial charge on any atom is -0.455 e. The molecule has 0 aliphatic heterocycles. The largest absolute Gasteiger partial charge is 0.455 e. The second kappa shape index (κ2) is 9.25. The Morgan fingerprint density at radius 2 is 1.12 bits per heavy atom. The maximum atomic E-state index is 6.77. The zero-order chi connectivity index (χ0) is 31.8. The van der Waals surface area contributed by atoms with Crippen LogP contribution >= 0.6 is 11.3 Å². The lowest BCUT2D eigenvalue weighted by Gasteiger charge is -2.13. The number of hydrogen-bond acceptors (Lipinski definition) is 2. The quantitative estimate of drug-likeness (QED) is 0.184. The zero-order valence-corrected chi connectivity index (χ0v) is 27.0. The van der Waals surface area contributed by atoms with Crippen molar-refractivity contribution in [2.45, 2.75) is 0 Å². The smallest absolute Gasteiger partial charge is 0.145 e. The first-order chi connectivity index (χ1) is 24.3. The molecule has 0 saturated carbocycles. The van der Waals surface area contributed by atoms with Gasteiger partial charge in [0.15, 0.2) is 0 Å². The van der Waals surface area contributed by atoms with Crippen molar-refractivity contribution in [2.24, 2.45) is 0 Å². The number of nitrogens with zero attached hydrogens (tertiary/aromatic N) is 1. The Morgan fingerprint density at radius 1 is 0.449 bits per heavy atom. The van der Waals surface area contributed by atoms with Crippen LogP contribution in [0.2, 0.25) is 0 Å². The lowest BCUT2D eigenvalue weighted by atomic mass is 9.94. The molecule has 3 heteroatoms. The van der Waals surface area contributed by atoms with Gasteiger partial charge in [-0.3, -0.25) is 0 Å². The number of benzene rings is 8. The molecule has 0 unspecified atom stereocenters. The van der Waals surface area contributed by atoms with Gasteiger partial charge in [0.05, 0.1) is 15.7 Å². The van der Waals surface area contributed by atoms with E-state index in [1.807, 2.05) is 11.3 Å². The van der Waals surface area contributed by atoms with E-state index in [-0.39, 0.29) is 0 Å². The minimum absolute atomic E-state index is 0.926. The summed E-state index contributed by atoms with van der Waals surface area (Å²) in [5, 5.41) is 9.93. The third kappa shape index (κ3) is 3.25. The molecule has 8 aromatic carbocycles. The van der Waals surface area contributed by atoms with E-state index in [0.29, 0.717) is 0 Å². The molecule has 1 aliphatic rings. The van der Waals surface area contributed by atoms with Gasteiger partial charge in [0.1, 0.15) is 11.2 Å². The number of hydrogen-bond donors (Lipinski definition) is 0. The zero-order valence-electron chi connectivity index (χ0n) is 26.2. The first-order valence-electron chi connectivity index (χ1n) is 16.8. The van der Waals surface area contributed by atoms with Crippen molar-refractivity contribution >= 4 is 86.0 Å². The highest BCUT2D eigenvalue weighted by molar-refractivity contribution is 7.27. The molecule has 11 aromatic rings. The van der Waals surface area contributed by atoms with E-state index in [9.17, 15) is 0 Å². The molecule has 0 radical (unpaired) electrons. The van der Waals surface area contributed by atoms with Gasteiger partial charge in [0.25, 0.3) is 0 Å². The fourth-order valence-electron chi connectivity index (χ4n) is 8.76. The van der Waals surface area contributed by atoms with Crippen molar-refractivity contribution in [3.63, 3.8) is 0 Å². The average Bonchev–Trinajstić information content (AvgIpc) is 3.91. The summed E-state index contributed by atoms with van der Waals surface area (Å²) in [6.45, 7) is 0. The maximum absolute atomic E-state index is 6.77. The summed E-state index contributed by atoms with van der Waals surface area (Å²) in [5.41, 5.74) is 13.3. The summed E-state index contributed by atoms with van der Waals surface area (Å²) in [7, 11) is 0. The molecule has 49 heavy (non-hydrogen) atoms. The van der Waals surface area contributed by atoms with Gasteiger partial charge in [-0.2, -0.15) is 0 Å². The van der Waals surface area contributed by atoms with Crippen LogP contribution in [0.5, 0.6) is 0 Å². The Labute approximate surface area is 284 Å². The minimum atomic E-state index is 0.926. The normalized spacial score (nSPS) is 12.5. The molecule has 0 atom stereocenters. The van der Waals surface area contributed by atoms with Crippen LogP contribution in [0, 0.1) is 0 Å². The first-order valence-corrected chi connectivity index (χ1v) is 17.6. The third-order valence-corrected chi connectivity index (χ3v) is 11.9. The van der Waals surface area contributed by atoms with E-state index in [2.05, 4.69) is 156 Å².